The number of aliphatic hydroxyl groups excluding tert-OH is 1. The number of aryl methyl sites for hydroxylation is 1. The molecule has 1 amide bonds. The summed E-state index contributed by atoms with van der Waals surface area (Å²) in [7, 11) is 1.46. The van der Waals surface area contributed by atoms with E-state index in [4.69, 9.17) is 29.8 Å². The third kappa shape index (κ3) is 6.59. The Balaban J connectivity index is 1.58. The number of hydrogen-bond donors (Lipinski definition) is 3. The van der Waals surface area contributed by atoms with Gasteiger partial charge in [-0.2, -0.15) is 0 Å². The summed E-state index contributed by atoms with van der Waals surface area (Å²) in [4.78, 5) is 29.6. The normalized spacial score (nSPS) is 10.7. The Morgan fingerprint density at radius 3 is 2.51 bits per heavy atom. The predicted octanol–water partition coefficient (Wildman–Crippen LogP) is 3.27. The first-order valence-corrected chi connectivity index (χ1v) is 12.1. The first-order chi connectivity index (χ1) is 17.9. The largest absolute Gasteiger partial charge is 0.493 e. The van der Waals surface area contributed by atoms with E-state index in [0.29, 0.717) is 65.4 Å². The van der Waals surface area contributed by atoms with Gasteiger partial charge in [0.15, 0.2) is 11.5 Å². The van der Waals surface area contributed by atoms with Crippen molar-refractivity contribution in [1.29, 1.82) is 0 Å². The molecule has 37 heavy (non-hydrogen) atoms. The summed E-state index contributed by atoms with van der Waals surface area (Å²) in [6.45, 7) is 4.46. The highest BCUT2D eigenvalue weighted by molar-refractivity contribution is 6.07. The van der Waals surface area contributed by atoms with Crippen molar-refractivity contribution in [2.45, 2.75) is 26.7 Å². The van der Waals surface area contributed by atoms with Crippen LogP contribution in [0.5, 0.6) is 17.2 Å². The van der Waals surface area contributed by atoms with Crippen LogP contribution in [0.4, 0.5) is 5.69 Å². The molecule has 10 nitrogen and oxygen atoms in total. The molecule has 2 aromatic carbocycles. The molecule has 4 N–H and O–H groups in total. The molecule has 3 rings (SSSR count). The van der Waals surface area contributed by atoms with Gasteiger partial charge in [0.1, 0.15) is 17.9 Å². The van der Waals surface area contributed by atoms with Crippen LogP contribution in [0, 0.1) is 6.92 Å². The molecule has 0 bridgehead atoms. The van der Waals surface area contributed by atoms with Gasteiger partial charge in [0.05, 0.1) is 54.8 Å². The molecule has 0 saturated heterocycles. The average Bonchev–Trinajstić information content (AvgIpc) is 2.88. The molecule has 3 aromatic rings. The molecule has 0 fully saturated rings. The second-order valence-electron chi connectivity index (χ2n) is 8.08. The van der Waals surface area contributed by atoms with Crippen LogP contribution >= 0.6 is 0 Å². The zero-order valence-corrected chi connectivity index (χ0v) is 21.3. The molecule has 0 saturated carbocycles. The number of carbonyl (C=O) groups excluding carboxylic acids is 2. The number of nitrogens with one attached hydrogen (secondary N) is 1. The molecule has 0 aliphatic heterocycles. The number of unbranched alkanes of at least 4 members (excludes halogenated alkanes) is 1. The molecule has 1 aromatic heterocycles. The number of carbonyl (C=O) groups is 2. The fourth-order valence-electron chi connectivity index (χ4n) is 3.90. The van der Waals surface area contributed by atoms with Gasteiger partial charge in [-0.1, -0.05) is 12.1 Å². The molecular weight excluding hydrogens is 478 g/mol. The number of fused-ring (bicyclic) bond motifs is 1. The smallest absolute Gasteiger partial charge is 0.342 e. The summed E-state index contributed by atoms with van der Waals surface area (Å²) in [5, 5.41) is 12.4. The number of aromatic nitrogens is 1. The Morgan fingerprint density at radius 1 is 1.05 bits per heavy atom. The van der Waals surface area contributed by atoms with Crippen molar-refractivity contribution in [3.63, 3.8) is 0 Å². The standard InChI is InChI=1S/C27H33N3O7/c1-4-35-27(33)22-17(2)30-19-10-8-11-20(23(19)24(22)28)36-15-6-5-13-29-26(32)18-9-7-12-21(25(18)34-3)37-16-14-31/h7-12,31H,4-6,13-16H2,1-3H3,(H2,28,30)(H,29,32). The summed E-state index contributed by atoms with van der Waals surface area (Å²) < 4.78 is 21.9. The van der Waals surface area contributed by atoms with E-state index in [9.17, 15) is 9.59 Å². The van der Waals surface area contributed by atoms with Crippen molar-refractivity contribution in [3.8, 4) is 17.2 Å². The second-order valence-corrected chi connectivity index (χ2v) is 8.08. The second kappa shape index (κ2) is 13.3. The Bertz CT molecular complexity index is 1250. The highest BCUT2D eigenvalue weighted by atomic mass is 16.5. The minimum Gasteiger partial charge on any atom is -0.493 e. The fraction of sp³-hybridized carbons (Fsp3) is 0.370. The van der Waals surface area contributed by atoms with Crippen molar-refractivity contribution in [2.75, 3.05) is 45.8 Å². The number of amides is 1. The minimum atomic E-state index is -0.514. The van der Waals surface area contributed by atoms with Gasteiger partial charge < -0.3 is 35.1 Å². The molecule has 0 radical (unpaired) electrons. The molecule has 0 spiro atoms. The van der Waals surface area contributed by atoms with Crippen LogP contribution in [-0.4, -0.2) is 62.0 Å². The Morgan fingerprint density at radius 2 is 1.78 bits per heavy atom. The van der Waals surface area contributed by atoms with E-state index in [1.807, 2.05) is 12.1 Å². The lowest BCUT2D eigenvalue weighted by atomic mass is 10.1. The minimum absolute atomic E-state index is 0.101. The molecule has 198 valence electrons. The number of nitrogens with zero attached hydrogens (tertiary/aromatic N) is 1. The average molecular weight is 512 g/mol. The molecule has 0 unspecified atom stereocenters. The lowest BCUT2D eigenvalue weighted by molar-refractivity contribution is 0.0526. The van der Waals surface area contributed by atoms with Crippen molar-refractivity contribution in [3.05, 3.63) is 53.2 Å². The number of methoxy groups -OCH3 is 1. The van der Waals surface area contributed by atoms with Gasteiger partial charge in [-0.15, -0.1) is 0 Å². The van der Waals surface area contributed by atoms with Crippen LogP contribution in [0.1, 0.15) is 46.2 Å². The van der Waals surface area contributed by atoms with Crippen LogP contribution in [0.25, 0.3) is 10.9 Å². The molecule has 10 heteroatoms. The number of nitrogens with two attached hydrogens (primary N) is 1. The zero-order valence-electron chi connectivity index (χ0n) is 21.3. The molecule has 1 heterocycles. The van der Waals surface area contributed by atoms with Gasteiger partial charge in [-0.25, -0.2) is 4.79 Å². The van der Waals surface area contributed by atoms with Crippen molar-refractivity contribution < 1.29 is 33.6 Å². The third-order valence-electron chi connectivity index (χ3n) is 5.56. The number of pyridine rings is 1. The van der Waals surface area contributed by atoms with Crippen LogP contribution in [0.15, 0.2) is 36.4 Å². The molecule has 0 atom stereocenters. The number of aliphatic hydroxyl groups is 1. The van der Waals surface area contributed by atoms with Gasteiger partial charge in [0, 0.05) is 6.54 Å². The van der Waals surface area contributed by atoms with E-state index in [-0.39, 0.29) is 37.0 Å². The number of esters is 1. The molecular formula is C27H33N3O7. The molecule has 0 aliphatic carbocycles. The van der Waals surface area contributed by atoms with Gasteiger partial charge in [0.25, 0.3) is 5.91 Å². The van der Waals surface area contributed by atoms with Gasteiger partial charge in [-0.3, -0.25) is 9.78 Å². The number of para-hydroxylation sites is 1. The summed E-state index contributed by atoms with van der Waals surface area (Å²) in [6.07, 6.45) is 1.33. The Kier molecular flexibility index (Phi) is 9.91. The highest BCUT2D eigenvalue weighted by Gasteiger charge is 2.21. The van der Waals surface area contributed by atoms with E-state index >= 15 is 0 Å². The van der Waals surface area contributed by atoms with Crippen LogP contribution in [-0.2, 0) is 4.74 Å². The lowest BCUT2D eigenvalue weighted by Crippen LogP contribution is -2.25. The first-order valence-electron chi connectivity index (χ1n) is 12.1. The summed E-state index contributed by atoms with van der Waals surface area (Å²) in [5.74, 6) is 0.433. The number of ether oxygens (including phenoxy) is 4. The van der Waals surface area contributed by atoms with Crippen molar-refractivity contribution in [2.24, 2.45) is 0 Å². The summed E-state index contributed by atoms with van der Waals surface area (Å²) >= 11 is 0. The van der Waals surface area contributed by atoms with Crippen molar-refractivity contribution in [1.82, 2.24) is 10.3 Å². The number of anilines is 1. The van der Waals surface area contributed by atoms with E-state index in [0.717, 1.165) is 0 Å². The van der Waals surface area contributed by atoms with Crippen LogP contribution in [0.2, 0.25) is 0 Å². The number of benzene rings is 2. The van der Waals surface area contributed by atoms with E-state index in [1.165, 1.54) is 7.11 Å². The third-order valence-corrected chi connectivity index (χ3v) is 5.56. The maximum atomic E-state index is 12.7. The Labute approximate surface area is 215 Å². The topological polar surface area (TPSA) is 142 Å². The monoisotopic (exact) mass is 511 g/mol. The van der Waals surface area contributed by atoms with Crippen molar-refractivity contribution >= 4 is 28.5 Å². The molecule has 0 aliphatic rings. The van der Waals surface area contributed by atoms with E-state index in [2.05, 4.69) is 10.3 Å². The van der Waals surface area contributed by atoms with Gasteiger partial charge >= 0.3 is 5.97 Å². The zero-order chi connectivity index (χ0) is 26.8. The van der Waals surface area contributed by atoms with E-state index < -0.39 is 5.97 Å². The maximum absolute atomic E-state index is 12.7. The summed E-state index contributed by atoms with van der Waals surface area (Å²) in [5.41, 5.74) is 8.36. The van der Waals surface area contributed by atoms with Crippen LogP contribution in [0.3, 0.4) is 0 Å². The Hall–Kier alpha value is -4.05. The van der Waals surface area contributed by atoms with E-state index in [1.54, 1.807) is 38.1 Å². The summed E-state index contributed by atoms with van der Waals surface area (Å²) in [6, 6.07) is 10.4. The quantitative estimate of drug-likeness (QED) is 0.233. The highest BCUT2D eigenvalue weighted by Crippen LogP contribution is 2.34. The lowest BCUT2D eigenvalue weighted by Gasteiger charge is -2.15. The van der Waals surface area contributed by atoms with Gasteiger partial charge in [-0.05, 0) is 51.0 Å². The number of nitrogen functional groups attached to an aromatic ring is 1. The SMILES string of the molecule is CCOC(=O)c1c(C)nc2cccc(OCCCCNC(=O)c3cccc(OCCO)c3OC)c2c1N. The number of rotatable bonds is 13. The fourth-order valence-corrected chi connectivity index (χ4v) is 3.90. The van der Waals surface area contributed by atoms with Gasteiger partial charge in [0.2, 0.25) is 0 Å². The maximum Gasteiger partial charge on any atom is 0.342 e. The first kappa shape index (κ1) is 27.5. The van der Waals surface area contributed by atoms with Crippen LogP contribution < -0.4 is 25.3 Å². The number of hydrogen-bond acceptors (Lipinski definition) is 9. The predicted molar refractivity (Wildman–Crippen MR) is 139 cm³/mol.